The first kappa shape index (κ1) is 19.4. The first-order chi connectivity index (χ1) is 13.8. The van der Waals surface area contributed by atoms with Gasteiger partial charge in [0.1, 0.15) is 11.5 Å². The number of aryl methyl sites for hydroxylation is 1. The molecule has 0 saturated carbocycles. The Labute approximate surface area is 167 Å². The van der Waals surface area contributed by atoms with Gasteiger partial charge in [-0.25, -0.2) is 4.79 Å². The molecule has 2 aromatic rings. The topological polar surface area (TPSA) is 99.2 Å². The van der Waals surface area contributed by atoms with Crippen LogP contribution in [-0.2, 0) is 27.1 Å². The molecule has 1 amide bonds. The Morgan fingerprint density at radius 2 is 1.86 bits per heavy atom. The molecule has 9 heteroatoms. The quantitative estimate of drug-likeness (QED) is 0.703. The van der Waals surface area contributed by atoms with Crippen molar-refractivity contribution >= 4 is 5.91 Å². The van der Waals surface area contributed by atoms with Gasteiger partial charge in [0.25, 0.3) is 17.0 Å². The number of carbonyl (C=O) groups is 1. The number of carbonyl (C=O) groups excluding carboxylic acids is 1. The highest BCUT2D eigenvalue weighted by molar-refractivity contribution is 5.92. The van der Waals surface area contributed by atoms with Gasteiger partial charge in [-0.15, -0.1) is 0 Å². The molecule has 1 atom stereocenters. The summed E-state index contributed by atoms with van der Waals surface area (Å²) in [6.45, 7) is 3.65. The van der Waals surface area contributed by atoms with Crippen molar-refractivity contribution in [3.63, 3.8) is 0 Å². The number of fused-ring (bicyclic) bond motifs is 1. The summed E-state index contributed by atoms with van der Waals surface area (Å²) in [6.07, 6.45) is 3.43. The second-order valence-corrected chi connectivity index (χ2v) is 7.96. The van der Waals surface area contributed by atoms with Crippen molar-refractivity contribution in [1.29, 1.82) is 0 Å². The molecule has 4 rings (SSSR count). The largest absolute Gasteiger partial charge is 0.337 e. The minimum absolute atomic E-state index is 0.0313. The monoisotopic (exact) mass is 399 g/mol. The second kappa shape index (κ2) is 7.13. The zero-order chi connectivity index (χ0) is 20.9. The van der Waals surface area contributed by atoms with E-state index >= 15 is 0 Å². The van der Waals surface area contributed by atoms with E-state index in [2.05, 4.69) is 9.55 Å². The van der Waals surface area contributed by atoms with Crippen LogP contribution in [0.1, 0.15) is 52.8 Å². The van der Waals surface area contributed by atoms with E-state index in [-0.39, 0.29) is 23.1 Å². The normalized spacial score (nSPS) is 18.7. The van der Waals surface area contributed by atoms with Crippen LogP contribution in [0.25, 0.3) is 0 Å². The van der Waals surface area contributed by atoms with Crippen LogP contribution in [0.4, 0.5) is 0 Å². The van der Waals surface area contributed by atoms with Crippen molar-refractivity contribution in [3.8, 4) is 0 Å². The molecule has 0 aliphatic carbocycles. The summed E-state index contributed by atoms with van der Waals surface area (Å²) in [5.74, 6) is 0.527. The van der Waals surface area contributed by atoms with E-state index < -0.39 is 11.2 Å². The van der Waals surface area contributed by atoms with Gasteiger partial charge >= 0.3 is 5.69 Å². The molecular weight excluding hydrogens is 374 g/mol. The first-order valence-corrected chi connectivity index (χ1v) is 9.96. The van der Waals surface area contributed by atoms with E-state index in [9.17, 15) is 19.2 Å². The van der Waals surface area contributed by atoms with Crippen molar-refractivity contribution in [3.05, 3.63) is 60.0 Å². The van der Waals surface area contributed by atoms with Crippen molar-refractivity contribution in [2.45, 2.75) is 45.1 Å². The molecule has 0 N–H and O–H groups in total. The average Bonchev–Trinajstić information content (AvgIpc) is 3.17. The Hall–Kier alpha value is -2.97. The molecule has 4 heterocycles. The summed E-state index contributed by atoms with van der Waals surface area (Å²) in [4.78, 5) is 55.6. The average molecular weight is 399 g/mol. The number of amides is 1. The number of likely N-dealkylation sites (tertiary alicyclic amines) is 1. The zero-order valence-electron chi connectivity index (χ0n) is 17.0. The van der Waals surface area contributed by atoms with Crippen molar-refractivity contribution in [2.24, 2.45) is 14.1 Å². The standard InChI is InChI=1S/C20H25N5O4/c1-12-17(25-9-5-7-15(25)21-18(12)27)13-6-4-8-24(11-13)19(28)14-10-16(26)23(3)20(29)22(14)2/h10,13H,4-9,11H2,1-3H3. The van der Waals surface area contributed by atoms with Gasteiger partial charge < -0.3 is 9.47 Å². The SMILES string of the molecule is Cc1c(C2CCCN(C(=O)c3cc(=O)n(C)c(=O)n3C)C2)n2c(nc1=O)CCC2. The maximum atomic E-state index is 13.1. The van der Waals surface area contributed by atoms with Gasteiger partial charge in [0, 0.05) is 63.4 Å². The van der Waals surface area contributed by atoms with Crippen LogP contribution >= 0.6 is 0 Å². The Morgan fingerprint density at radius 1 is 1.10 bits per heavy atom. The summed E-state index contributed by atoms with van der Waals surface area (Å²) >= 11 is 0. The summed E-state index contributed by atoms with van der Waals surface area (Å²) in [5, 5.41) is 0. The number of nitrogens with zero attached hydrogens (tertiary/aromatic N) is 5. The third kappa shape index (κ3) is 3.14. The van der Waals surface area contributed by atoms with E-state index in [1.165, 1.54) is 24.7 Å². The van der Waals surface area contributed by atoms with Crippen molar-refractivity contribution in [1.82, 2.24) is 23.6 Å². The Morgan fingerprint density at radius 3 is 2.62 bits per heavy atom. The number of aromatic nitrogens is 4. The van der Waals surface area contributed by atoms with Crippen LogP contribution in [0.2, 0.25) is 0 Å². The smallest absolute Gasteiger partial charge is 0.331 e. The Bertz CT molecular complexity index is 1170. The van der Waals surface area contributed by atoms with Gasteiger partial charge in [0.2, 0.25) is 0 Å². The van der Waals surface area contributed by atoms with Crippen LogP contribution in [0.15, 0.2) is 20.4 Å². The van der Waals surface area contributed by atoms with Gasteiger partial charge in [0.15, 0.2) is 0 Å². The molecule has 0 radical (unpaired) electrons. The molecule has 9 nitrogen and oxygen atoms in total. The third-order valence-corrected chi connectivity index (χ3v) is 6.16. The summed E-state index contributed by atoms with van der Waals surface area (Å²) < 4.78 is 4.34. The third-order valence-electron chi connectivity index (χ3n) is 6.16. The summed E-state index contributed by atoms with van der Waals surface area (Å²) in [6, 6.07) is 1.22. The molecule has 154 valence electrons. The van der Waals surface area contributed by atoms with Gasteiger partial charge in [0.05, 0.1) is 0 Å². The first-order valence-electron chi connectivity index (χ1n) is 9.96. The van der Waals surface area contributed by atoms with Crippen molar-refractivity contribution in [2.75, 3.05) is 13.1 Å². The minimum atomic E-state index is -0.524. The second-order valence-electron chi connectivity index (χ2n) is 7.96. The number of rotatable bonds is 2. The zero-order valence-corrected chi connectivity index (χ0v) is 17.0. The van der Waals surface area contributed by atoms with Crippen molar-refractivity contribution < 1.29 is 4.79 Å². The lowest BCUT2D eigenvalue weighted by Gasteiger charge is -2.34. The predicted molar refractivity (Wildman–Crippen MR) is 106 cm³/mol. The fourth-order valence-electron chi connectivity index (χ4n) is 4.56. The summed E-state index contributed by atoms with van der Waals surface area (Å²) in [5.41, 5.74) is 0.505. The van der Waals surface area contributed by atoms with Crippen LogP contribution in [-0.4, -0.2) is 42.6 Å². The lowest BCUT2D eigenvalue weighted by atomic mass is 9.91. The highest BCUT2D eigenvalue weighted by atomic mass is 16.2. The molecule has 1 saturated heterocycles. The number of piperidine rings is 1. The molecule has 1 fully saturated rings. The molecule has 2 aliphatic rings. The van der Waals surface area contributed by atoms with Gasteiger partial charge in [-0.2, -0.15) is 4.98 Å². The minimum Gasteiger partial charge on any atom is -0.337 e. The van der Waals surface area contributed by atoms with Crippen LogP contribution in [0.3, 0.4) is 0 Å². The molecular formula is C20H25N5O4. The molecule has 0 bridgehead atoms. The van der Waals surface area contributed by atoms with E-state index in [0.29, 0.717) is 18.7 Å². The van der Waals surface area contributed by atoms with E-state index in [4.69, 9.17) is 0 Å². The highest BCUT2D eigenvalue weighted by Crippen LogP contribution is 2.31. The predicted octanol–water partition coefficient (Wildman–Crippen LogP) is -0.0849. The molecule has 1 unspecified atom stereocenters. The Kier molecular flexibility index (Phi) is 4.76. The molecule has 29 heavy (non-hydrogen) atoms. The molecule has 2 aliphatic heterocycles. The molecule has 0 spiro atoms. The number of hydrogen-bond acceptors (Lipinski definition) is 5. The van der Waals surface area contributed by atoms with Crippen LogP contribution < -0.4 is 16.8 Å². The van der Waals surface area contributed by atoms with Gasteiger partial charge in [-0.05, 0) is 26.2 Å². The van der Waals surface area contributed by atoms with E-state index in [1.807, 2.05) is 6.92 Å². The highest BCUT2D eigenvalue weighted by Gasteiger charge is 2.31. The fourth-order valence-corrected chi connectivity index (χ4v) is 4.56. The molecule has 2 aromatic heterocycles. The summed E-state index contributed by atoms with van der Waals surface area (Å²) in [7, 11) is 2.89. The lowest BCUT2D eigenvalue weighted by Crippen LogP contribution is -2.45. The van der Waals surface area contributed by atoms with E-state index in [0.717, 1.165) is 48.3 Å². The van der Waals surface area contributed by atoms with Crippen LogP contribution in [0, 0.1) is 6.92 Å². The Balaban J connectivity index is 1.69. The van der Waals surface area contributed by atoms with E-state index in [1.54, 1.807) is 4.90 Å². The van der Waals surface area contributed by atoms with Gasteiger partial charge in [-0.3, -0.25) is 23.5 Å². The molecule has 0 aromatic carbocycles. The maximum absolute atomic E-state index is 13.1. The lowest BCUT2D eigenvalue weighted by molar-refractivity contribution is 0.0692. The fraction of sp³-hybridized carbons (Fsp3) is 0.550. The maximum Gasteiger partial charge on any atom is 0.331 e. The van der Waals surface area contributed by atoms with Gasteiger partial charge in [-0.1, -0.05) is 0 Å². The number of hydrogen-bond donors (Lipinski definition) is 0. The van der Waals surface area contributed by atoms with Crippen LogP contribution in [0.5, 0.6) is 0 Å².